The van der Waals surface area contributed by atoms with Gasteiger partial charge in [0.15, 0.2) is 6.61 Å². The molecule has 2 aromatic carbocycles. The van der Waals surface area contributed by atoms with Crippen LogP contribution in [0.15, 0.2) is 42.5 Å². The fourth-order valence-corrected chi connectivity index (χ4v) is 2.26. The molecule has 0 atom stereocenters. The van der Waals surface area contributed by atoms with Crippen LogP contribution in [0.3, 0.4) is 0 Å². The van der Waals surface area contributed by atoms with Gasteiger partial charge in [-0.1, -0.05) is 23.8 Å². The minimum absolute atomic E-state index is 0.0159. The van der Waals surface area contributed by atoms with Crippen molar-refractivity contribution in [3.63, 3.8) is 0 Å². The van der Waals surface area contributed by atoms with Crippen molar-refractivity contribution >= 4 is 17.6 Å². The third-order valence-electron chi connectivity index (χ3n) is 3.41. The molecule has 6 nitrogen and oxygen atoms in total. The van der Waals surface area contributed by atoms with Crippen LogP contribution in [0.5, 0.6) is 5.75 Å². The van der Waals surface area contributed by atoms with Crippen LogP contribution in [-0.4, -0.2) is 25.6 Å². The maximum Gasteiger partial charge on any atom is 0.310 e. The van der Waals surface area contributed by atoms with E-state index in [0.717, 1.165) is 5.56 Å². The van der Waals surface area contributed by atoms with Gasteiger partial charge >= 0.3 is 5.97 Å². The Kier molecular flexibility index (Phi) is 6.13. The molecule has 0 spiro atoms. The maximum atomic E-state index is 11.9. The number of rotatable bonds is 6. The summed E-state index contributed by atoms with van der Waals surface area (Å²) in [5.41, 5.74) is 2.61. The fraction of sp³-hybridized carbons (Fsp3) is 0.211. The van der Waals surface area contributed by atoms with E-state index in [1.165, 1.54) is 13.2 Å². The molecule has 0 bridgehead atoms. The Hall–Kier alpha value is -3.33. The third-order valence-corrected chi connectivity index (χ3v) is 3.41. The van der Waals surface area contributed by atoms with E-state index in [0.29, 0.717) is 22.6 Å². The molecule has 2 rings (SSSR count). The largest absolute Gasteiger partial charge is 0.496 e. The Morgan fingerprint density at radius 3 is 2.72 bits per heavy atom. The van der Waals surface area contributed by atoms with Crippen molar-refractivity contribution < 1.29 is 19.1 Å². The zero-order chi connectivity index (χ0) is 18.2. The van der Waals surface area contributed by atoms with Crippen LogP contribution >= 0.6 is 0 Å². The second-order valence-electron chi connectivity index (χ2n) is 5.39. The Morgan fingerprint density at radius 2 is 2.00 bits per heavy atom. The summed E-state index contributed by atoms with van der Waals surface area (Å²) in [4.78, 5) is 23.8. The van der Waals surface area contributed by atoms with Crippen LogP contribution in [0.2, 0.25) is 0 Å². The van der Waals surface area contributed by atoms with E-state index in [9.17, 15) is 9.59 Å². The van der Waals surface area contributed by atoms with Crippen LogP contribution in [0.25, 0.3) is 0 Å². The molecule has 1 N–H and O–H groups in total. The predicted molar refractivity (Wildman–Crippen MR) is 92.2 cm³/mol. The van der Waals surface area contributed by atoms with Gasteiger partial charge in [0, 0.05) is 11.3 Å². The number of nitriles is 1. The first-order chi connectivity index (χ1) is 12.0. The topological polar surface area (TPSA) is 88.4 Å². The second-order valence-corrected chi connectivity index (χ2v) is 5.39. The van der Waals surface area contributed by atoms with Crippen molar-refractivity contribution in [1.29, 1.82) is 5.26 Å². The van der Waals surface area contributed by atoms with Crippen LogP contribution in [0, 0.1) is 18.3 Å². The van der Waals surface area contributed by atoms with E-state index in [-0.39, 0.29) is 6.42 Å². The molecule has 6 heteroatoms. The summed E-state index contributed by atoms with van der Waals surface area (Å²) in [6, 6.07) is 14.0. The monoisotopic (exact) mass is 338 g/mol. The molecule has 25 heavy (non-hydrogen) atoms. The molecule has 0 radical (unpaired) electrons. The number of hydrogen-bond donors (Lipinski definition) is 1. The van der Waals surface area contributed by atoms with Crippen LogP contribution in [0.1, 0.15) is 16.7 Å². The second kappa shape index (κ2) is 8.50. The van der Waals surface area contributed by atoms with Crippen molar-refractivity contribution in [3.05, 3.63) is 59.2 Å². The molecule has 0 saturated carbocycles. The standard InChI is InChI=1S/C19H18N2O4/c1-13-6-7-17(24-2)15(8-13)10-19(23)25-12-18(22)21-16-5-3-4-14(9-16)11-20/h3-9H,10,12H2,1-2H3,(H,21,22). The van der Waals surface area contributed by atoms with Gasteiger partial charge < -0.3 is 14.8 Å². The van der Waals surface area contributed by atoms with Gasteiger partial charge in [0.05, 0.1) is 25.2 Å². The van der Waals surface area contributed by atoms with Gasteiger partial charge in [0.1, 0.15) is 5.75 Å². The number of nitrogens with zero attached hydrogens (tertiary/aromatic N) is 1. The number of carbonyl (C=O) groups is 2. The minimum atomic E-state index is -0.523. The summed E-state index contributed by atoms with van der Waals surface area (Å²) in [5, 5.41) is 11.4. The highest BCUT2D eigenvalue weighted by atomic mass is 16.5. The Morgan fingerprint density at radius 1 is 1.20 bits per heavy atom. The number of methoxy groups -OCH3 is 1. The average Bonchev–Trinajstić information content (AvgIpc) is 2.60. The molecule has 0 aliphatic carbocycles. The molecule has 1 amide bonds. The van der Waals surface area contributed by atoms with E-state index >= 15 is 0 Å². The summed E-state index contributed by atoms with van der Waals surface area (Å²) < 4.78 is 10.2. The Balaban J connectivity index is 1.88. The minimum Gasteiger partial charge on any atom is -0.496 e. The van der Waals surface area contributed by atoms with Gasteiger partial charge in [-0.25, -0.2) is 0 Å². The van der Waals surface area contributed by atoms with Crippen molar-refractivity contribution in [2.24, 2.45) is 0 Å². The molecular weight excluding hydrogens is 320 g/mol. The van der Waals surface area contributed by atoms with Gasteiger partial charge in [0.25, 0.3) is 5.91 Å². The van der Waals surface area contributed by atoms with Gasteiger partial charge in [-0.2, -0.15) is 5.26 Å². The first kappa shape index (κ1) is 18.0. The number of aryl methyl sites for hydroxylation is 1. The summed E-state index contributed by atoms with van der Waals surface area (Å²) in [5.74, 6) is -0.398. The fourth-order valence-electron chi connectivity index (χ4n) is 2.26. The molecule has 0 unspecified atom stereocenters. The number of ether oxygens (including phenoxy) is 2. The lowest BCUT2D eigenvalue weighted by molar-refractivity contribution is -0.146. The highest BCUT2D eigenvalue weighted by molar-refractivity contribution is 5.93. The molecule has 0 aliphatic heterocycles. The van der Waals surface area contributed by atoms with Gasteiger partial charge in [-0.3, -0.25) is 9.59 Å². The summed E-state index contributed by atoms with van der Waals surface area (Å²) in [6.45, 7) is 1.51. The molecule has 2 aromatic rings. The number of amides is 1. The van der Waals surface area contributed by atoms with Crippen LogP contribution < -0.4 is 10.1 Å². The van der Waals surface area contributed by atoms with Crippen molar-refractivity contribution in [1.82, 2.24) is 0 Å². The lowest BCUT2D eigenvalue weighted by Crippen LogP contribution is -2.21. The summed E-state index contributed by atoms with van der Waals surface area (Å²) in [6.07, 6.45) is 0.0159. The molecule has 0 saturated heterocycles. The Labute approximate surface area is 146 Å². The van der Waals surface area contributed by atoms with Crippen molar-refractivity contribution in [3.8, 4) is 11.8 Å². The Bertz CT molecular complexity index is 824. The van der Waals surface area contributed by atoms with Gasteiger partial charge in [0.2, 0.25) is 0 Å². The first-order valence-corrected chi connectivity index (χ1v) is 7.61. The molecule has 0 fully saturated rings. The zero-order valence-corrected chi connectivity index (χ0v) is 14.0. The van der Waals surface area contributed by atoms with Gasteiger partial charge in [-0.05, 0) is 31.2 Å². The van der Waals surface area contributed by atoms with E-state index in [4.69, 9.17) is 14.7 Å². The molecule has 0 aliphatic rings. The average molecular weight is 338 g/mol. The van der Waals surface area contributed by atoms with Gasteiger partial charge in [-0.15, -0.1) is 0 Å². The lowest BCUT2D eigenvalue weighted by Gasteiger charge is -2.10. The SMILES string of the molecule is COc1ccc(C)cc1CC(=O)OCC(=O)Nc1cccc(C#N)c1. The third kappa shape index (κ3) is 5.36. The number of anilines is 1. The first-order valence-electron chi connectivity index (χ1n) is 7.61. The number of hydrogen-bond acceptors (Lipinski definition) is 5. The number of nitrogens with one attached hydrogen (secondary N) is 1. The molecular formula is C19H18N2O4. The summed E-state index contributed by atoms with van der Waals surface area (Å²) >= 11 is 0. The zero-order valence-electron chi connectivity index (χ0n) is 14.0. The van der Waals surface area contributed by atoms with E-state index in [1.54, 1.807) is 24.3 Å². The van der Waals surface area contributed by atoms with E-state index in [1.807, 2.05) is 25.1 Å². The smallest absolute Gasteiger partial charge is 0.310 e. The van der Waals surface area contributed by atoms with Crippen molar-refractivity contribution in [2.45, 2.75) is 13.3 Å². The quantitative estimate of drug-likeness (QED) is 0.818. The number of esters is 1. The van der Waals surface area contributed by atoms with Crippen LogP contribution in [-0.2, 0) is 20.7 Å². The number of carbonyl (C=O) groups excluding carboxylic acids is 2. The van der Waals surface area contributed by atoms with Crippen molar-refractivity contribution in [2.75, 3.05) is 19.0 Å². The highest BCUT2D eigenvalue weighted by Crippen LogP contribution is 2.20. The lowest BCUT2D eigenvalue weighted by atomic mass is 10.1. The molecule has 0 aromatic heterocycles. The molecule has 0 heterocycles. The highest BCUT2D eigenvalue weighted by Gasteiger charge is 2.12. The summed E-state index contributed by atoms with van der Waals surface area (Å²) in [7, 11) is 1.53. The maximum absolute atomic E-state index is 11.9. The van der Waals surface area contributed by atoms with E-state index in [2.05, 4.69) is 5.32 Å². The van der Waals surface area contributed by atoms with Crippen LogP contribution in [0.4, 0.5) is 5.69 Å². The predicted octanol–water partition coefficient (Wildman–Crippen LogP) is 2.60. The molecule has 128 valence electrons. The number of benzene rings is 2. The normalized spacial score (nSPS) is 9.80. The van der Waals surface area contributed by atoms with E-state index < -0.39 is 18.5 Å².